The minimum absolute atomic E-state index is 0.770. The van der Waals surface area contributed by atoms with Crippen LogP contribution in [0.5, 0.6) is 0 Å². The van der Waals surface area contributed by atoms with E-state index in [1.807, 2.05) is 0 Å². The van der Waals surface area contributed by atoms with Gasteiger partial charge in [0.25, 0.3) is 0 Å². The van der Waals surface area contributed by atoms with Crippen LogP contribution < -0.4 is 0 Å². The molecule has 0 aromatic heterocycles. The molecule has 0 heterocycles. The van der Waals surface area contributed by atoms with Crippen LogP contribution in [0.25, 0.3) is 0 Å². The topological polar surface area (TPSA) is 94.9 Å². The summed E-state index contributed by atoms with van der Waals surface area (Å²) in [5, 5.41) is 0. The molecule has 0 saturated carbocycles. The highest BCUT2D eigenvalue weighted by atomic mass is 32.2. The first-order valence-corrected chi connectivity index (χ1v) is 6.00. The second-order valence-electron chi connectivity index (χ2n) is 2.19. The van der Waals surface area contributed by atoms with Crippen molar-refractivity contribution in [1.82, 2.24) is 4.31 Å². The summed E-state index contributed by atoms with van der Waals surface area (Å²) in [6.45, 7) is 0. The molecule has 0 aliphatic rings. The summed E-state index contributed by atoms with van der Waals surface area (Å²) < 4.78 is 32.6. The van der Waals surface area contributed by atoms with Crippen molar-refractivity contribution in [2.45, 2.75) is 0 Å². The van der Waals surface area contributed by atoms with Crippen molar-refractivity contribution in [3.63, 3.8) is 0 Å². The van der Waals surface area contributed by atoms with Crippen LogP contribution in [0, 0.1) is 0 Å². The van der Waals surface area contributed by atoms with Crippen LogP contribution in [0.1, 0.15) is 0 Å². The largest absolute Gasteiger partial charge is 0.341 e. The molecule has 0 amide bonds. The van der Waals surface area contributed by atoms with Crippen LogP contribution in [-0.2, 0) is 14.6 Å². The first-order chi connectivity index (χ1) is 4.65. The molecule has 0 saturated heterocycles. The molecule has 0 atom stereocenters. The van der Waals surface area contributed by atoms with E-state index in [0.29, 0.717) is 0 Å². The van der Waals surface area contributed by atoms with Crippen molar-refractivity contribution < 1.29 is 22.8 Å². The molecule has 0 radical (unpaired) electrons. The van der Waals surface area contributed by atoms with Crippen LogP contribution in [0.15, 0.2) is 0 Å². The van der Waals surface area contributed by atoms with E-state index in [1.54, 1.807) is 0 Å². The van der Waals surface area contributed by atoms with Gasteiger partial charge in [-0.15, -0.1) is 0 Å². The van der Waals surface area contributed by atoms with Gasteiger partial charge in [0.2, 0.25) is 10.0 Å². The van der Waals surface area contributed by atoms with Gasteiger partial charge in [-0.2, -0.15) is 0 Å². The molecule has 68 valence electrons. The van der Waals surface area contributed by atoms with Gasteiger partial charge in [0.05, 0.1) is 0 Å². The van der Waals surface area contributed by atoms with E-state index >= 15 is 0 Å². The van der Waals surface area contributed by atoms with Crippen molar-refractivity contribution in [3.8, 4) is 0 Å². The normalized spacial score (nSPS) is 13.9. The molecular formula is C3H10NO5PS. The highest BCUT2D eigenvalue weighted by Gasteiger charge is 2.26. The highest BCUT2D eigenvalue weighted by Crippen LogP contribution is 2.36. The zero-order valence-electron chi connectivity index (χ0n) is 6.13. The fourth-order valence-electron chi connectivity index (χ4n) is 0.328. The van der Waals surface area contributed by atoms with Crippen LogP contribution in [-0.4, -0.2) is 42.1 Å². The lowest BCUT2D eigenvalue weighted by molar-refractivity contribution is 0.377. The molecule has 8 heteroatoms. The Bertz CT molecular complexity index is 263. The van der Waals surface area contributed by atoms with Gasteiger partial charge in [-0.05, 0) is 0 Å². The van der Waals surface area contributed by atoms with E-state index in [1.165, 1.54) is 14.1 Å². The predicted octanol–water partition coefficient (Wildman–Crippen LogP) is -0.987. The smallest absolute Gasteiger partial charge is 0.324 e. The Morgan fingerprint density at radius 3 is 1.82 bits per heavy atom. The van der Waals surface area contributed by atoms with Crippen LogP contribution >= 0.6 is 7.60 Å². The third-order valence-electron chi connectivity index (χ3n) is 0.888. The Hall–Kier alpha value is 0.0600. The molecular weight excluding hydrogens is 193 g/mol. The summed E-state index contributed by atoms with van der Waals surface area (Å²) in [7, 11) is -5.83. The fraction of sp³-hybridized carbons (Fsp3) is 1.00. The second kappa shape index (κ2) is 3.20. The third kappa shape index (κ3) is 4.49. The number of nitrogens with zero attached hydrogens (tertiary/aromatic N) is 1. The highest BCUT2D eigenvalue weighted by molar-refractivity contribution is 7.95. The maximum Gasteiger partial charge on any atom is 0.341 e. The van der Waals surface area contributed by atoms with E-state index in [9.17, 15) is 13.0 Å². The van der Waals surface area contributed by atoms with Crippen molar-refractivity contribution in [1.29, 1.82) is 0 Å². The molecule has 0 aromatic carbocycles. The van der Waals surface area contributed by atoms with Crippen LogP contribution in [0.2, 0.25) is 0 Å². The molecule has 0 rings (SSSR count). The van der Waals surface area contributed by atoms with E-state index < -0.39 is 23.1 Å². The summed E-state index contributed by atoms with van der Waals surface area (Å²) in [6, 6.07) is 0. The number of rotatable bonds is 3. The van der Waals surface area contributed by atoms with Gasteiger partial charge < -0.3 is 9.79 Å². The van der Waals surface area contributed by atoms with Gasteiger partial charge in [-0.25, -0.2) is 12.7 Å². The lowest BCUT2D eigenvalue weighted by atomic mass is 11.3. The summed E-state index contributed by atoms with van der Waals surface area (Å²) in [5.41, 5.74) is -1.13. The monoisotopic (exact) mass is 203 g/mol. The van der Waals surface area contributed by atoms with Gasteiger partial charge in [0.1, 0.15) is 0 Å². The van der Waals surface area contributed by atoms with Gasteiger partial charge in [-0.1, -0.05) is 0 Å². The summed E-state index contributed by atoms with van der Waals surface area (Å²) in [6.07, 6.45) is 0. The van der Waals surface area contributed by atoms with E-state index in [-0.39, 0.29) is 0 Å². The molecule has 0 unspecified atom stereocenters. The van der Waals surface area contributed by atoms with E-state index in [2.05, 4.69) is 0 Å². The molecule has 0 aliphatic heterocycles. The van der Waals surface area contributed by atoms with E-state index in [0.717, 1.165) is 4.31 Å². The van der Waals surface area contributed by atoms with Crippen molar-refractivity contribution >= 4 is 17.6 Å². The SMILES string of the molecule is CN(C)S(=O)(=O)CP(=O)(O)O. The Balaban J connectivity index is 4.54. The summed E-state index contributed by atoms with van der Waals surface area (Å²) in [5.74, 6) is 0. The minimum Gasteiger partial charge on any atom is -0.324 e. The predicted molar refractivity (Wildman–Crippen MR) is 39.5 cm³/mol. The van der Waals surface area contributed by atoms with Crippen molar-refractivity contribution in [2.75, 3.05) is 19.6 Å². The standard InChI is InChI=1S/C3H10NO5PS/c1-4(2)11(8,9)3-10(5,6)7/h3H2,1-2H3,(H2,5,6,7). The quantitative estimate of drug-likeness (QED) is 0.574. The van der Waals surface area contributed by atoms with Crippen LogP contribution in [0.3, 0.4) is 0 Å². The van der Waals surface area contributed by atoms with Gasteiger partial charge in [0, 0.05) is 14.1 Å². The lowest BCUT2D eigenvalue weighted by Gasteiger charge is -2.11. The number of hydrogen-bond donors (Lipinski definition) is 2. The van der Waals surface area contributed by atoms with Gasteiger partial charge >= 0.3 is 7.60 Å². The first-order valence-electron chi connectivity index (χ1n) is 2.60. The van der Waals surface area contributed by atoms with Crippen molar-refractivity contribution in [2.24, 2.45) is 0 Å². The maximum absolute atomic E-state index is 10.8. The number of sulfonamides is 1. The zero-order valence-corrected chi connectivity index (χ0v) is 7.84. The summed E-state index contributed by atoms with van der Waals surface area (Å²) >= 11 is 0. The molecule has 2 N–H and O–H groups in total. The Labute approximate surface area is 65.0 Å². The fourth-order valence-corrected chi connectivity index (χ4v) is 2.95. The zero-order chi connectivity index (χ0) is 9.28. The average molecular weight is 203 g/mol. The molecule has 0 fully saturated rings. The van der Waals surface area contributed by atoms with Gasteiger partial charge in [-0.3, -0.25) is 4.57 Å². The number of hydrogen-bond acceptors (Lipinski definition) is 3. The minimum atomic E-state index is -4.47. The molecule has 0 spiro atoms. The molecule has 0 aromatic rings. The first kappa shape index (κ1) is 11.1. The molecule has 6 nitrogen and oxygen atoms in total. The second-order valence-corrected chi connectivity index (χ2v) is 6.44. The van der Waals surface area contributed by atoms with Gasteiger partial charge in [0.15, 0.2) is 5.49 Å². The Morgan fingerprint density at radius 1 is 1.36 bits per heavy atom. The van der Waals surface area contributed by atoms with E-state index in [4.69, 9.17) is 9.79 Å². The molecule has 11 heavy (non-hydrogen) atoms. The average Bonchev–Trinajstić information content (AvgIpc) is 1.56. The Kier molecular flexibility index (Phi) is 3.22. The maximum atomic E-state index is 10.8. The van der Waals surface area contributed by atoms with Crippen molar-refractivity contribution in [3.05, 3.63) is 0 Å². The molecule has 0 aliphatic carbocycles. The summed E-state index contributed by atoms with van der Waals surface area (Å²) in [4.78, 5) is 16.6. The Morgan fingerprint density at radius 2 is 1.73 bits per heavy atom. The van der Waals surface area contributed by atoms with Crippen LogP contribution in [0.4, 0.5) is 0 Å². The third-order valence-corrected chi connectivity index (χ3v) is 4.65. The molecule has 0 bridgehead atoms. The lowest BCUT2D eigenvalue weighted by Crippen LogP contribution is -2.24.